The predicted molar refractivity (Wildman–Crippen MR) is 120 cm³/mol. The van der Waals surface area contributed by atoms with E-state index in [0.717, 1.165) is 11.1 Å². The van der Waals surface area contributed by atoms with Gasteiger partial charge in [0.1, 0.15) is 6.10 Å². The van der Waals surface area contributed by atoms with Gasteiger partial charge in [0.05, 0.1) is 10.8 Å². The van der Waals surface area contributed by atoms with Gasteiger partial charge in [0.25, 0.3) is 11.4 Å². The van der Waals surface area contributed by atoms with Crippen LogP contribution in [0.3, 0.4) is 0 Å². The molecule has 0 saturated carbocycles. The Balaban J connectivity index is 1.79. The van der Waals surface area contributed by atoms with Crippen molar-refractivity contribution in [1.82, 2.24) is 0 Å². The van der Waals surface area contributed by atoms with Gasteiger partial charge in [0.2, 0.25) is 0 Å². The van der Waals surface area contributed by atoms with E-state index >= 15 is 0 Å². The van der Waals surface area contributed by atoms with E-state index in [1.54, 1.807) is 12.1 Å². The van der Waals surface area contributed by atoms with Crippen molar-refractivity contribution in [2.45, 2.75) is 12.0 Å². The van der Waals surface area contributed by atoms with Crippen LogP contribution in [0.15, 0.2) is 98.1 Å². The summed E-state index contributed by atoms with van der Waals surface area (Å²) >= 11 is 0. The second kappa shape index (κ2) is 8.28. The van der Waals surface area contributed by atoms with Gasteiger partial charge in [0, 0.05) is 22.6 Å². The Labute approximate surface area is 179 Å². The van der Waals surface area contributed by atoms with Gasteiger partial charge in [-0.3, -0.25) is 15.3 Å². The van der Waals surface area contributed by atoms with Crippen LogP contribution in [0.4, 0.5) is 5.69 Å². The molecule has 0 bridgehead atoms. The fourth-order valence-corrected chi connectivity index (χ4v) is 3.78. The summed E-state index contributed by atoms with van der Waals surface area (Å²) in [6.45, 7) is 8.34. The number of nitro groups is 1. The van der Waals surface area contributed by atoms with Gasteiger partial charge in [-0.1, -0.05) is 86.0 Å². The zero-order valence-electron chi connectivity index (χ0n) is 16.7. The third kappa shape index (κ3) is 3.83. The first-order valence-electron chi connectivity index (χ1n) is 9.71. The van der Waals surface area contributed by atoms with E-state index in [-0.39, 0.29) is 5.69 Å². The Morgan fingerprint density at radius 1 is 0.871 bits per heavy atom. The highest BCUT2D eigenvalue weighted by atomic mass is 16.9. The molecule has 0 fully saturated rings. The van der Waals surface area contributed by atoms with Crippen LogP contribution >= 0.6 is 0 Å². The zero-order chi connectivity index (χ0) is 22.0. The average Bonchev–Trinajstić information content (AvgIpc) is 3.16. The quantitative estimate of drug-likeness (QED) is 0.310. The van der Waals surface area contributed by atoms with Gasteiger partial charge in [-0.2, -0.15) is 0 Å². The molecule has 0 amide bonds. The van der Waals surface area contributed by atoms with Gasteiger partial charge < -0.3 is 4.84 Å². The third-order valence-corrected chi connectivity index (χ3v) is 5.39. The van der Waals surface area contributed by atoms with Crippen molar-refractivity contribution in [2.75, 3.05) is 0 Å². The smallest absolute Gasteiger partial charge is 0.269 e. The lowest BCUT2D eigenvalue weighted by atomic mass is 9.81. The Morgan fingerprint density at radius 3 is 1.97 bits per heavy atom. The Kier molecular flexibility index (Phi) is 5.37. The average molecular weight is 412 g/mol. The highest BCUT2D eigenvalue weighted by Gasteiger charge is 2.44. The SMILES string of the molecule is C=C(C1=[N+]([O-])O[C@@H](C(=C)c2ccccc2)[C@@H]1c1ccc([N+](=O)[O-])cc1)c1ccccc1. The molecular weight excluding hydrogens is 392 g/mol. The van der Waals surface area contributed by atoms with Crippen molar-refractivity contribution in [3.05, 3.63) is 130 Å². The van der Waals surface area contributed by atoms with E-state index in [0.29, 0.717) is 27.3 Å². The minimum atomic E-state index is -0.684. The Morgan fingerprint density at radius 2 is 1.42 bits per heavy atom. The standard InChI is InChI=1S/C25H20N2O4/c1-17(19-9-5-3-6-10-19)24-23(21-13-15-22(16-14-21)26(28)29)25(31-27(24)30)18(2)20-11-7-4-8-12-20/h3-16,23,25H,1-2H2/t23-,25+/m1/s1. The first-order valence-corrected chi connectivity index (χ1v) is 9.71. The fraction of sp³-hybridized carbons (Fsp3) is 0.0800. The number of rotatable bonds is 6. The van der Waals surface area contributed by atoms with Crippen molar-refractivity contribution >= 4 is 22.5 Å². The zero-order valence-corrected chi connectivity index (χ0v) is 16.7. The first kappa shape index (κ1) is 20.1. The molecule has 0 aromatic heterocycles. The first-order chi connectivity index (χ1) is 15.0. The molecule has 0 saturated heterocycles. The maximum atomic E-state index is 12.9. The molecule has 0 N–H and O–H groups in total. The van der Waals surface area contributed by atoms with Crippen LogP contribution in [-0.2, 0) is 4.84 Å². The van der Waals surface area contributed by atoms with Crippen LogP contribution in [0.2, 0.25) is 0 Å². The number of allylic oxidation sites excluding steroid dienone is 1. The maximum Gasteiger partial charge on any atom is 0.269 e. The van der Waals surface area contributed by atoms with Crippen molar-refractivity contribution in [3.63, 3.8) is 0 Å². The number of nitro benzene ring substituents is 1. The summed E-state index contributed by atoms with van der Waals surface area (Å²) in [5, 5.41) is 24.0. The number of nitrogens with zero attached hydrogens (tertiary/aromatic N) is 2. The molecule has 0 radical (unpaired) electrons. The van der Waals surface area contributed by atoms with E-state index < -0.39 is 16.9 Å². The molecule has 3 aromatic carbocycles. The Hall–Kier alpha value is -4.19. The molecule has 2 atom stereocenters. The van der Waals surface area contributed by atoms with Crippen molar-refractivity contribution in [3.8, 4) is 0 Å². The molecule has 1 aliphatic heterocycles. The van der Waals surface area contributed by atoms with Crippen molar-refractivity contribution in [1.29, 1.82) is 0 Å². The van der Waals surface area contributed by atoms with Gasteiger partial charge in [-0.05, 0) is 22.3 Å². The second-order valence-corrected chi connectivity index (χ2v) is 7.23. The van der Waals surface area contributed by atoms with Gasteiger partial charge >= 0.3 is 0 Å². The fourth-order valence-electron chi connectivity index (χ4n) is 3.78. The van der Waals surface area contributed by atoms with Crippen molar-refractivity contribution in [2.24, 2.45) is 0 Å². The van der Waals surface area contributed by atoms with Crippen LogP contribution in [0.5, 0.6) is 0 Å². The summed E-state index contributed by atoms with van der Waals surface area (Å²) in [6, 6.07) is 25.0. The second-order valence-electron chi connectivity index (χ2n) is 7.23. The van der Waals surface area contributed by atoms with E-state index in [1.807, 2.05) is 60.7 Å². The van der Waals surface area contributed by atoms with Gasteiger partial charge in [-0.15, -0.1) is 0 Å². The Bertz CT molecular complexity index is 1170. The molecular formula is C25H20N2O4. The lowest BCUT2D eigenvalue weighted by Gasteiger charge is -2.22. The molecule has 154 valence electrons. The van der Waals surface area contributed by atoms with Crippen LogP contribution in [0, 0.1) is 15.3 Å². The normalized spacial score (nSPS) is 17.8. The molecule has 31 heavy (non-hydrogen) atoms. The highest BCUT2D eigenvalue weighted by molar-refractivity contribution is 6.24. The summed E-state index contributed by atoms with van der Waals surface area (Å²) in [5.41, 5.74) is 3.84. The number of hydrogen-bond donors (Lipinski definition) is 0. The lowest BCUT2D eigenvalue weighted by molar-refractivity contribution is -0.736. The highest BCUT2D eigenvalue weighted by Crippen LogP contribution is 2.40. The largest absolute Gasteiger partial charge is 0.394 e. The number of non-ortho nitro benzene ring substituents is 1. The molecule has 1 heterocycles. The molecule has 0 unspecified atom stereocenters. The minimum Gasteiger partial charge on any atom is -0.394 e. The topological polar surface area (TPSA) is 78.4 Å². The molecule has 6 heteroatoms. The summed E-state index contributed by atoms with van der Waals surface area (Å²) < 4.78 is 0. The molecule has 0 aliphatic carbocycles. The molecule has 3 aromatic rings. The lowest BCUT2D eigenvalue weighted by Crippen LogP contribution is -2.23. The van der Waals surface area contributed by atoms with Crippen LogP contribution in [0.1, 0.15) is 22.6 Å². The van der Waals surface area contributed by atoms with E-state index in [1.165, 1.54) is 12.1 Å². The molecule has 0 spiro atoms. The summed E-state index contributed by atoms with van der Waals surface area (Å²) in [5.74, 6) is -0.529. The van der Waals surface area contributed by atoms with E-state index in [9.17, 15) is 15.3 Å². The number of benzene rings is 3. The van der Waals surface area contributed by atoms with Gasteiger partial charge in [0.15, 0.2) is 0 Å². The van der Waals surface area contributed by atoms with Crippen molar-refractivity contribution < 1.29 is 14.7 Å². The van der Waals surface area contributed by atoms with Crippen LogP contribution < -0.4 is 0 Å². The summed E-state index contributed by atoms with van der Waals surface area (Å²) in [6.07, 6.45) is -0.684. The van der Waals surface area contributed by atoms with E-state index in [2.05, 4.69) is 13.2 Å². The predicted octanol–water partition coefficient (Wildman–Crippen LogP) is 5.37. The minimum absolute atomic E-state index is 0.0245. The monoisotopic (exact) mass is 412 g/mol. The van der Waals surface area contributed by atoms with E-state index in [4.69, 9.17) is 4.84 Å². The van der Waals surface area contributed by atoms with Crippen LogP contribution in [-0.4, -0.2) is 21.6 Å². The molecule has 1 aliphatic rings. The molecule has 4 rings (SSSR count). The maximum absolute atomic E-state index is 12.9. The number of hydrogen-bond acceptors (Lipinski definition) is 4. The van der Waals surface area contributed by atoms with Gasteiger partial charge in [-0.25, -0.2) is 0 Å². The third-order valence-electron chi connectivity index (χ3n) is 5.39. The van der Waals surface area contributed by atoms with Crippen LogP contribution in [0.25, 0.3) is 11.1 Å². The summed E-state index contributed by atoms with van der Waals surface area (Å²) in [7, 11) is 0. The molecule has 6 nitrogen and oxygen atoms in total. The summed E-state index contributed by atoms with van der Waals surface area (Å²) in [4.78, 5) is 16.9.